The van der Waals surface area contributed by atoms with Crippen LogP contribution in [0.3, 0.4) is 0 Å². The minimum atomic E-state index is -0.305. The maximum Gasteiger partial charge on any atom is 0.327 e. The molecule has 0 amide bonds. The SMILES string of the molecule is CCOC(=O)Cn1cc(N)cn1.Cl. The summed E-state index contributed by atoms with van der Waals surface area (Å²) in [5.74, 6) is -0.305. The number of nitrogen functional groups attached to an aromatic ring is 1. The van der Waals surface area contributed by atoms with Gasteiger partial charge in [0.2, 0.25) is 0 Å². The minimum Gasteiger partial charge on any atom is -0.465 e. The molecule has 1 aromatic rings. The lowest BCUT2D eigenvalue weighted by Crippen LogP contribution is -2.13. The van der Waals surface area contributed by atoms with Crippen LogP contribution in [0.2, 0.25) is 0 Å². The summed E-state index contributed by atoms with van der Waals surface area (Å²) in [4.78, 5) is 10.9. The third-order valence-corrected chi connectivity index (χ3v) is 1.25. The lowest BCUT2D eigenvalue weighted by atomic mass is 10.6. The van der Waals surface area contributed by atoms with Gasteiger partial charge in [0.1, 0.15) is 6.54 Å². The van der Waals surface area contributed by atoms with Crippen molar-refractivity contribution in [2.75, 3.05) is 12.3 Å². The van der Waals surface area contributed by atoms with Crippen LogP contribution in [-0.2, 0) is 16.1 Å². The summed E-state index contributed by atoms with van der Waals surface area (Å²) in [6.45, 7) is 2.26. The highest BCUT2D eigenvalue weighted by Crippen LogP contribution is 1.97. The van der Waals surface area contributed by atoms with Crippen molar-refractivity contribution < 1.29 is 9.53 Å². The maximum atomic E-state index is 10.9. The van der Waals surface area contributed by atoms with Crippen LogP contribution in [0.25, 0.3) is 0 Å². The molecule has 1 heterocycles. The molecule has 0 fully saturated rings. The quantitative estimate of drug-likeness (QED) is 0.728. The number of nitrogens with zero attached hydrogens (tertiary/aromatic N) is 2. The molecule has 0 spiro atoms. The molecule has 1 aromatic heterocycles. The second-order valence-electron chi connectivity index (χ2n) is 2.28. The van der Waals surface area contributed by atoms with E-state index >= 15 is 0 Å². The van der Waals surface area contributed by atoms with Gasteiger partial charge >= 0.3 is 5.97 Å². The molecule has 0 atom stereocenters. The van der Waals surface area contributed by atoms with Gasteiger partial charge < -0.3 is 10.5 Å². The molecule has 0 aliphatic rings. The van der Waals surface area contributed by atoms with Gasteiger partial charge in [-0.05, 0) is 6.92 Å². The molecule has 74 valence electrons. The number of rotatable bonds is 3. The van der Waals surface area contributed by atoms with Crippen LogP contribution < -0.4 is 5.73 Å². The second kappa shape index (κ2) is 5.42. The Morgan fingerprint density at radius 1 is 1.77 bits per heavy atom. The molecule has 13 heavy (non-hydrogen) atoms. The lowest BCUT2D eigenvalue weighted by Gasteiger charge is -2.00. The molecule has 0 saturated carbocycles. The standard InChI is InChI=1S/C7H11N3O2.ClH/c1-2-12-7(11)5-10-4-6(8)3-9-10;/h3-4H,2,5,8H2,1H3;1H. The Morgan fingerprint density at radius 2 is 2.46 bits per heavy atom. The number of aromatic nitrogens is 2. The number of anilines is 1. The second-order valence-corrected chi connectivity index (χ2v) is 2.28. The van der Waals surface area contributed by atoms with Gasteiger partial charge in [-0.1, -0.05) is 0 Å². The van der Waals surface area contributed by atoms with Crippen molar-refractivity contribution in [1.29, 1.82) is 0 Å². The zero-order valence-corrected chi connectivity index (χ0v) is 8.08. The number of nitrogens with two attached hydrogens (primary N) is 1. The molecule has 0 unspecified atom stereocenters. The lowest BCUT2D eigenvalue weighted by molar-refractivity contribution is -0.144. The molecule has 2 N–H and O–H groups in total. The maximum absolute atomic E-state index is 10.9. The smallest absolute Gasteiger partial charge is 0.327 e. The zero-order chi connectivity index (χ0) is 8.97. The Morgan fingerprint density at radius 3 is 2.92 bits per heavy atom. The summed E-state index contributed by atoms with van der Waals surface area (Å²) in [5.41, 5.74) is 5.93. The van der Waals surface area contributed by atoms with E-state index in [1.165, 1.54) is 10.9 Å². The Labute approximate surface area is 82.3 Å². The molecular formula is C7H12ClN3O2. The average molecular weight is 206 g/mol. The summed E-state index contributed by atoms with van der Waals surface area (Å²) in [7, 11) is 0. The van der Waals surface area contributed by atoms with Crippen LogP contribution in [0.5, 0.6) is 0 Å². The van der Waals surface area contributed by atoms with Gasteiger partial charge in [0, 0.05) is 6.20 Å². The Kier molecular flexibility index (Phi) is 4.91. The van der Waals surface area contributed by atoms with Crippen LogP contribution in [-0.4, -0.2) is 22.4 Å². The molecule has 0 aromatic carbocycles. The van der Waals surface area contributed by atoms with Gasteiger partial charge in [-0.3, -0.25) is 9.48 Å². The fourth-order valence-corrected chi connectivity index (χ4v) is 0.805. The number of halogens is 1. The van der Waals surface area contributed by atoms with Crippen LogP contribution in [0.15, 0.2) is 12.4 Å². The van der Waals surface area contributed by atoms with Crippen molar-refractivity contribution in [1.82, 2.24) is 9.78 Å². The van der Waals surface area contributed by atoms with E-state index in [-0.39, 0.29) is 24.9 Å². The van der Waals surface area contributed by atoms with Gasteiger partial charge in [0.05, 0.1) is 18.5 Å². The summed E-state index contributed by atoms with van der Waals surface area (Å²) in [6, 6.07) is 0. The van der Waals surface area contributed by atoms with Crippen molar-refractivity contribution in [3.63, 3.8) is 0 Å². The number of esters is 1. The van der Waals surface area contributed by atoms with Crippen molar-refractivity contribution >= 4 is 24.1 Å². The monoisotopic (exact) mass is 205 g/mol. The van der Waals surface area contributed by atoms with Crippen molar-refractivity contribution in [3.05, 3.63) is 12.4 Å². The van der Waals surface area contributed by atoms with E-state index in [4.69, 9.17) is 10.5 Å². The minimum absolute atomic E-state index is 0. The van der Waals surface area contributed by atoms with Crippen LogP contribution in [0.1, 0.15) is 6.92 Å². The zero-order valence-electron chi connectivity index (χ0n) is 7.27. The molecule has 0 radical (unpaired) electrons. The largest absolute Gasteiger partial charge is 0.465 e. The first-order valence-corrected chi connectivity index (χ1v) is 3.66. The third kappa shape index (κ3) is 3.80. The number of ether oxygens (including phenoxy) is 1. The summed E-state index contributed by atoms with van der Waals surface area (Å²) >= 11 is 0. The highest BCUT2D eigenvalue weighted by molar-refractivity contribution is 5.85. The molecule has 5 nitrogen and oxygen atoms in total. The Hall–Kier alpha value is -1.23. The first-order valence-electron chi connectivity index (χ1n) is 3.66. The molecule has 0 aliphatic heterocycles. The number of hydrogen-bond acceptors (Lipinski definition) is 4. The van der Waals surface area contributed by atoms with Crippen molar-refractivity contribution in [2.45, 2.75) is 13.5 Å². The highest BCUT2D eigenvalue weighted by atomic mass is 35.5. The van der Waals surface area contributed by atoms with Gasteiger partial charge in [0.25, 0.3) is 0 Å². The molecule has 0 aliphatic carbocycles. The summed E-state index contributed by atoms with van der Waals surface area (Å²) in [5, 5.41) is 3.83. The number of carbonyl (C=O) groups excluding carboxylic acids is 1. The van der Waals surface area contributed by atoms with Gasteiger partial charge in [-0.25, -0.2) is 0 Å². The van der Waals surface area contributed by atoms with Crippen LogP contribution >= 0.6 is 12.4 Å². The summed E-state index contributed by atoms with van der Waals surface area (Å²) in [6.07, 6.45) is 3.07. The first kappa shape index (κ1) is 11.8. The van der Waals surface area contributed by atoms with Crippen LogP contribution in [0, 0.1) is 0 Å². The van der Waals surface area contributed by atoms with Gasteiger partial charge in [0.15, 0.2) is 0 Å². The molecular weight excluding hydrogens is 194 g/mol. The predicted octanol–water partition coefficient (Wildman–Crippen LogP) is 0.450. The van der Waals surface area contributed by atoms with Crippen molar-refractivity contribution in [2.24, 2.45) is 0 Å². The molecule has 6 heteroatoms. The normalized spacial score (nSPS) is 9.00. The van der Waals surface area contributed by atoms with Crippen molar-refractivity contribution in [3.8, 4) is 0 Å². The van der Waals surface area contributed by atoms with E-state index in [0.29, 0.717) is 12.3 Å². The van der Waals surface area contributed by atoms with E-state index in [0.717, 1.165) is 0 Å². The van der Waals surface area contributed by atoms with Gasteiger partial charge in [-0.15, -0.1) is 12.4 Å². The Balaban J connectivity index is 0.00000144. The van der Waals surface area contributed by atoms with E-state index in [9.17, 15) is 4.79 Å². The van der Waals surface area contributed by atoms with Gasteiger partial charge in [-0.2, -0.15) is 5.10 Å². The van der Waals surface area contributed by atoms with E-state index in [1.54, 1.807) is 13.1 Å². The fraction of sp³-hybridized carbons (Fsp3) is 0.429. The first-order chi connectivity index (χ1) is 5.72. The third-order valence-electron chi connectivity index (χ3n) is 1.25. The van der Waals surface area contributed by atoms with Crippen LogP contribution in [0.4, 0.5) is 5.69 Å². The van der Waals surface area contributed by atoms with E-state index in [2.05, 4.69) is 5.10 Å². The topological polar surface area (TPSA) is 70.1 Å². The summed E-state index contributed by atoms with van der Waals surface area (Å²) < 4.78 is 6.15. The number of carbonyl (C=O) groups is 1. The number of hydrogen-bond donors (Lipinski definition) is 1. The van der Waals surface area contributed by atoms with E-state index in [1.807, 2.05) is 0 Å². The average Bonchev–Trinajstić information content (AvgIpc) is 2.36. The Bertz CT molecular complexity index is 274. The molecule has 0 saturated heterocycles. The fourth-order valence-electron chi connectivity index (χ4n) is 0.805. The molecule has 1 rings (SSSR count). The molecule has 0 bridgehead atoms. The van der Waals surface area contributed by atoms with E-state index < -0.39 is 0 Å². The highest BCUT2D eigenvalue weighted by Gasteiger charge is 2.02. The predicted molar refractivity (Wildman–Crippen MR) is 50.5 cm³/mol.